The van der Waals surface area contributed by atoms with Crippen LogP contribution in [-0.2, 0) is 9.53 Å². The molecule has 0 saturated carbocycles. The summed E-state index contributed by atoms with van der Waals surface area (Å²) in [5, 5.41) is 0.378. The van der Waals surface area contributed by atoms with Crippen LogP contribution < -0.4 is 14.9 Å². The van der Waals surface area contributed by atoms with E-state index in [0.29, 0.717) is 4.47 Å². The molecule has 0 aliphatic heterocycles. The Morgan fingerprint density at radius 3 is 2.61 bits per heavy atom. The van der Waals surface area contributed by atoms with Crippen molar-refractivity contribution in [3.8, 4) is 22.8 Å². The number of carbonyl (C=O) groups excluding carboxylic acids is 1. The van der Waals surface area contributed by atoms with Crippen molar-refractivity contribution in [3.05, 3.63) is 56.1 Å². The molecule has 0 aliphatic carbocycles. The quantitative estimate of drug-likeness (QED) is 0.387. The standard InChI is InChI=1S/C20H13BrClF3O6/c1-28-17(27)6-7-29-15-8-10(31-20(23,24)25)2-3-12(15)16-9-14(26)11-4-5-13(21)18(22)19(11)30-16/h2-5,8-9H,6-7H2,1H3. The van der Waals surface area contributed by atoms with Crippen LogP contribution in [0.5, 0.6) is 11.5 Å². The van der Waals surface area contributed by atoms with Gasteiger partial charge >= 0.3 is 12.3 Å². The van der Waals surface area contributed by atoms with Crippen LogP contribution in [-0.4, -0.2) is 26.0 Å². The van der Waals surface area contributed by atoms with Gasteiger partial charge in [-0.3, -0.25) is 9.59 Å². The van der Waals surface area contributed by atoms with Gasteiger partial charge in [0, 0.05) is 16.6 Å². The van der Waals surface area contributed by atoms with Gasteiger partial charge < -0.3 is 18.6 Å². The van der Waals surface area contributed by atoms with Crippen molar-refractivity contribution in [1.29, 1.82) is 0 Å². The first-order chi connectivity index (χ1) is 14.6. The van der Waals surface area contributed by atoms with Crippen LogP contribution in [0.3, 0.4) is 0 Å². The molecule has 0 unspecified atom stereocenters. The van der Waals surface area contributed by atoms with Crippen LogP contribution in [0.1, 0.15) is 6.42 Å². The zero-order valence-electron chi connectivity index (χ0n) is 15.7. The van der Waals surface area contributed by atoms with Gasteiger partial charge in [-0.1, -0.05) is 11.6 Å². The molecule has 6 nitrogen and oxygen atoms in total. The van der Waals surface area contributed by atoms with Crippen molar-refractivity contribution in [2.45, 2.75) is 12.8 Å². The Kier molecular flexibility index (Phi) is 6.80. The van der Waals surface area contributed by atoms with E-state index in [1.165, 1.54) is 25.3 Å². The lowest BCUT2D eigenvalue weighted by Gasteiger charge is -2.14. The SMILES string of the molecule is COC(=O)CCOc1cc(OC(F)(F)F)ccc1-c1cc(=O)c2ccc(Br)c(Cl)c2o1. The van der Waals surface area contributed by atoms with Gasteiger partial charge in [-0.05, 0) is 40.2 Å². The van der Waals surface area contributed by atoms with E-state index in [4.69, 9.17) is 20.8 Å². The highest BCUT2D eigenvalue weighted by atomic mass is 79.9. The number of ether oxygens (including phenoxy) is 3. The normalized spacial score (nSPS) is 11.4. The average molecular weight is 522 g/mol. The molecule has 0 amide bonds. The molecule has 3 rings (SSSR count). The molecule has 11 heteroatoms. The molecule has 0 aliphatic rings. The number of rotatable bonds is 6. The fourth-order valence-corrected chi connectivity index (χ4v) is 3.18. The van der Waals surface area contributed by atoms with Crippen LogP contribution in [0, 0.1) is 0 Å². The minimum absolute atomic E-state index is 0.00382. The Morgan fingerprint density at radius 2 is 1.94 bits per heavy atom. The molecular formula is C20H13BrClF3O6. The minimum atomic E-state index is -4.92. The second-order valence-electron chi connectivity index (χ2n) is 6.09. The van der Waals surface area contributed by atoms with Crippen molar-refractivity contribution < 1.29 is 36.6 Å². The van der Waals surface area contributed by atoms with Crippen LogP contribution in [0.4, 0.5) is 13.2 Å². The molecule has 3 aromatic rings. The molecule has 0 fully saturated rings. The van der Waals surface area contributed by atoms with Crippen molar-refractivity contribution in [3.63, 3.8) is 0 Å². The van der Waals surface area contributed by atoms with Crippen LogP contribution >= 0.6 is 27.5 Å². The Bertz CT molecular complexity index is 1190. The van der Waals surface area contributed by atoms with Gasteiger partial charge in [-0.2, -0.15) is 0 Å². The predicted molar refractivity (Wildman–Crippen MR) is 109 cm³/mol. The number of fused-ring (bicyclic) bond motifs is 1. The van der Waals surface area contributed by atoms with Gasteiger partial charge in [0.25, 0.3) is 0 Å². The second-order valence-corrected chi connectivity index (χ2v) is 7.33. The zero-order chi connectivity index (χ0) is 22.8. The van der Waals surface area contributed by atoms with Gasteiger partial charge in [-0.15, -0.1) is 13.2 Å². The fourth-order valence-electron chi connectivity index (χ4n) is 2.66. The van der Waals surface area contributed by atoms with E-state index in [0.717, 1.165) is 12.1 Å². The number of hydrogen-bond acceptors (Lipinski definition) is 6. The van der Waals surface area contributed by atoms with E-state index in [1.54, 1.807) is 6.07 Å². The largest absolute Gasteiger partial charge is 0.573 e. The third kappa shape index (κ3) is 5.50. The number of esters is 1. The Labute approximate surface area is 186 Å². The monoisotopic (exact) mass is 520 g/mol. The highest BCUT2D eigenvalue weighted by Gasteiger charge is 2.31. The molecule has 0 saturated heterocycles. The predicted octanol–water partition coefficient (Wildman–Crippen LogP) is 5.72. The Morgan fingerprint density at radius 1 is 1.19 bits per heavy atom. The Hall–Kier alpha value is -2.72. The van der Waals surface area contributed by atoms with Crippen molar-refractivity contribution >= 4 is 44.5 Å². The summed E-state index contributed by atoms with van der Waals surface area (Å²) in [6.45, 7) is -0.195. The topological polar surface area (TPSA) is 75.0 Å². The zero-order valence-corrected chi connectivity index (χ0v) is 18.1. The van der Waals surface area contributed by atoms with Crippen molar-refractivity contribution in [2.75, 3.05) is 13.7 Å². The molecule has 31 heavy (non-hydrogen) atoms. The summed E-state index contributed by atoms with van der Waals surface area (Å²) in [6.07, 6.45) is -5.07. The molecule has 0 bridgehead atoms. The van der Waals surface area contributed by atoms with Crippen LogP contribution in [0.25, 0.3) is 22.3 Å². The third-order valence-corrected chi connectivity index (χ3v) is 5.30. The van der Waals surface area contributed by atoms with Crippen LogP contribution in [0.15, 0.2) is 50.1 Å². The summed E-state index contributed by atoms with van der Waals surface area (Å²) in [6, 6.07) is 7.54. The first kappa shape index (κ1) is 23.0. The van der Waals surface area contributed by atoms with E-state index in [1.807, 2.05) is 0 Å². The van der Waals surface area contributed by atoms with Gasteiger partial charge in [-0.25, -0.2) is 0 Å². The van der Waals surface area contributed by atoms with E-state index in [9.17, 15) is 22.8 Å². The maximum Gasteiger partial charge on any atom is 0.573 e. The van der Waals surface area contributed by atoms with E-state index < -0.39 is 23.5 Å². The summed E-state index contributed by atoms with van der Waals surface area (Å²) in [7, 11) is 1.19. The lowest BCUT2D eigenvalue weighted by atomic mass is 10.1. The lowest BCUT2D eigenvalue weighted by molar-refractivity contribution is -0.274. The molecular weight excluding hydrogens is 509 g/mol. The molecule has 0 atom stereocenters. The first-order valence-electron chi connectivity index (χ1n) is 8.60. The molecule has 0 spiro atoms. The molecule has 1 heterocycles. The van der Waals surface area contributed by atoms with E-state index in [2.05, 4.69) is 25.4 Å². The maximum absolute atomic E-state index is 12.6. The second kappa shape index (κ2) is 9.19. The number of carbonyl (C=O) groups is 1. The van der Waals surface area contributed by atoms with Crippen molar-refractivity contribution in [1.82, 2.24) is 0 Å². The summed E-state index contributed by atoms with van der Waals surface area (Å²) in [5.74, 6) is -1.21. The average Bonchev–Trinajstić information content (AvgIpc) is 2.69. The number of halogens is 5. The number of alkyl halides is 3. The summed E-state index contributed by atoms with van der Waals surface area (Å²) >= 11 is 9.46. The molecule has 164 valence electrons. The summed E-state index contributed by atoms with van der Waals surface area (Å²) in [4.78, 5) is 23.9. The minimum Gasteiger partial charge on any atom is -0.492 e. The Balaban J connectivity index is 2.09. The summed E-state index contributed by atoms with van der Waals surface area (Å²) in [5.41, 5.74) is -0.161. The van der Waals surface area contributed by atoms with Gasteiger partial charge in [0.15, 0.2) is 11.0 Å². The van der Waals surface area contributed by atoms with Gasteiger partial charge in [0.1, 0.15) is 17.3 Å². The lowest BCUT2D eigenvalue weighted by Crippen LogP contribution is -2.17. The maximum atomic E-state index is 12.6. The smallest absolute Gasteiger partial charge is 0.492 e. The van der Waals surface area contributed by atoms with E-state index in [-0.39, 0.29) is 46.1 Å². The fraction of sp³-hybridized carbons (Fsp3) is 0.200. The first-order valence-corrected chi connectivity index (χ1v) is 9.78. The van der Waals surface area contributed by atoms with Gasteiger partial charge in [0.05, 0.1) is 36.1 Å². The van der Waals surface area contributed by atoms with Crippen LogP contribution in [0.2, 0.25) is 5.02 Å². The highest BCUT2D eigenvalue weighted by molar-refractivity contribution is 9.10. The molecule has 0 radical (unpaired) electrons. The third-order valence-electron chi connectivity index (χ3n) is 4.03. The molecule has 2 aromatic carbocycles. The molecule has 1 aromatic heterocycles. The number of methoxy groups -OCH3 is 1. The number of hydrogen-bond donors (Lipinski definition) is 0. The highest BCUT2D eigenvalue weighted by Crippen LogP contribution is 2.38. The molecule has 0 N–H and O–H groups in total. The summed E-state index contributed by atoms with van der Waals surface area (Å²) < 4.78 is 58.0. The van der Waals surface area contributed by atoms with Crippen molar-refractivity contribution in [2.24, 2.45) is 0 Å². The number of benzene rings is 2. The van der Waals surface area contributed by atoms with Gasteiger partial charge in [0.2, 0.25) is 0 Å². The van der Waals surface area contributed by atoms with E-state index >= 15 is 0 Å².